The van der Waals surface area contributed by atoms with Crippen LogP contribution < -0.4 is 10.1 Å². The number of benzene rings is 1. The van der Waals surface area contributed by atoms with Gasteiger partial charge in [0.1, 0.15) is 17.5 Å². The van der Waals surface area contributed by atoms with Crippen LogP contribution in [0.2, 0.25) is 0 Å². The molecule has 2 aliphatic rings. The van der Waals surface area contributed by atoms with E-state index in [4.69, 9.17) is 4.74 Å². The summed E-state index contributed by atoms with van der Waals surface area (Å²) in [6.07, 6.45) is 3.91. The van der Waals surface area contributed by atoms with Crippen molar-refractivity contribution in [1.29, 1.82) is 0 Å². The standard InChI is InChI=1S/C15H20N2O2S/c1-19-12-6-4-3-5-11(12)13-16-15(7-8-15)14(18)17(13)9-10-20-2/h3-6,13,16H,7-10H2,1-2H3. The van der Waals surface area contributed by atoms with Crippen LogP contribution in [0, 0.1) is 0 Å². The van der Waals surface area contributed by atoms with Crippen LogP contribution in [-0.4, -0.2) is 42.0 Å². The lowest BCUT2D eigenvalue weighted by molar-refractivity contribution is -0.130. The molecule has 1 amide bonds. The van der Waals surface area contributed by atoms with Gasteiger partial charge in [0.05, 0.1) is 7.11 Å². The summed E-state index contributed by atoms with van der Waals surface area (Å²) in [5.41, 5.74) is 0.762. The van der Waals surface area contributed by atoms with E-state index in [1.54, 1.807) is 18.9 Å². The van der Waals surface area contributed by atoms with Crippen LogP contribution in [0.4, 0.5) is 0 Å². The molecule has 4 nitrogen and oxygen atoms in total. The van der Waals surface area contributed by atoms with Gasteiger partial charge in [-0.15, -0.1) is 0 Å². The predicted molar refractivity (Wildman–Crippen MR) is 80.9 cm³/mol. The molecule has 1 atom stereocenters. The minimum Gasteiger partial charge on any atom is -0.496 e. The maximum atomic E-state index is 12.6. The highest BCUT2D eigenvalue weighted by Crippen LogP contribution is 2.47. The smallest absolute Gasteiger partial charge is 0.244 e. The summed E-state index contributed by atoms with van der Waals surface area (Å²) < 4.78 is 5.45. The largest absolute Gasteiger partial charge is 0.496 e. The molecular formula is C15H20N2O2S. The lowest BCUT2D eigenvalue weighted by atomic mass is 10.1. The molecule has 0 bridgehead atoms. The van der Waals surface area contributed by atoms with Crippen LogP contribution >= 0.6 is 11.8 Å². The summed E-state index contributed by atoms with van der Waals surface area (Å²) in [5, 5.41) is 3.53. The number of carbonyl (C=O) groups excluding carboxylic acids is 1. The Bertz CT molecular complexity index is 516. The van der Waals surface area contributed by atoms with Crippen molar-refractivity contribution in [2.75, 3.05) is 25.7 Å². The van der Waals surface area contributed by atoms with Crippen molar-refractivity contribution in [2.45, 2.75) is 24.5 Å². The first-order valence-electron chi connectivity index (χ1n) is 6.92. The number of nitrogens with one attached hydrogen (secondary N) is 1. The highest BCUT2D eigenvalue weighted by Gasteiger charge is 2.59. The van der Waals surface area contributed by atoms with E-state index in [0.29, 0.717) is 0 Å². The minimum atomic E-state index is -0.288. The fourth-order valence-corrected chi connectivity index (χ4v) is 3.21. The number of hydrogen-bond acceptors (Lipinski definition) is 4. The number of hydrogen-bond donors (Lipinski definition) is 1. The zero-order valence-electron chi connectivity index (χ0n) is 11.9. The van der Waals surface area contributed by atoms with Gasteiger partial charge in [0.15, 0.2) is 0 Å². The zero-order valence-corrected chi connectivity index (χ0v) is 12.7. The number of nitrogens with zero attached hydrogens (tertiary/aromatic N) is 1. The average molecular weight is 292 g/mol. The van der Waals surface area contributed by atoms with E-state index in [0.717, 1.165) is 36.5 Å². The first kappa shape index (κ1) is 13.8. The van der Waals surface area contributed by atoms with Crippen molar-refractivity contribution in [1.82, 2.24) is 10.2 Å². The van der Waals surface area contributed by atoms with Gasteiger partial charge in [0.25, 0.3) is 0 Å². The molecule has 20 heavy (non-hydrogen) atoms. The second-order valence-corrected chi connectivity index (χ2v) is 6.35. The minimum absolute atomic E-state index is 0.0618. The topological polar surface area (TPSA) is 41.6 Å². The van der Waals surface area contributed by atoms with E-state index in [1.807, 2.05) is 29.2 Å². The van der Waals surface area contributed by atoms with E-state index >= 15 is 0 Å². The Morgan fingerprint density at radius 1 is 1.45 bits per heavy atom. The number of ether oxygens (including phenoxy) is 1. The number of carbonyl (C=O) groups is 1. The average Bonchev–Trinajstić information content (AvgIpc) is 3.21. The summed E-state index contributed by atoms with van der Waals surface area (Å²) in [5.74, 6) is 2.04. The normalized spacial score (nSPS) is 23.4. The predicted octanol–water partition coefficient (Wildman–Crippen LogP) is 2.02. The Balaban J connectivity index is 1.91. The lowest BCUT2D eigenvalue weighted by Crippen LogP contribution is -2.33. The quantitative estimate of drug-likeness (QED) is 0.901. The van der Waals surface area contributed by atoms with Crippen molar-refractivity contribution in [3.8, 4) is 5.75 Å². The summed E-state index contributed by atoms with van der Waals surface area (Å²) in [6, 6.07) is 7.94. The van der Waals surface area contributed by atoms with Crippen LogP contribution in [0.5, 0.6) is 5.75 Å². The Hall–Kier alpha value is -1.20. The fourth-order valence-electron chi connectivity index (χ4n) is 2.83. The molecule has 108 valence electrons. The Morgan fingerprint density at radius 3 is 2.85 bits per heavy atom. The van der Waals surface area contributed by atoms with E-state index in [2.05, 4.69) is 11.6 Å². The SMILES string of the molecule is COc1ccccc1C1NC2(CC2)C(=O)N1CCSC. The van der Waals surface area contributed by atoms with Crippen LogP contribution in [0.25, 0.3) is 0 Å². The molecule has 1 aliphatic carbocycles. The van der Waals surface area contributed by atoms with Crippen LogP contribution in [0.3, 0.4) is 0 Å². The number of methoxy groups -OCH3 is 1. The molecular weight excluding hydrogens is 272 g/mol. The molecule has 3 rings (SSSR count). The summed E-state index contributed by atoms with van der Waals surface area (Å²) >= 11 is 1.77. The second-order valence-electron chi connectivity index (χ2n) is 5.36. The van der Waals surface area contributed by atoms with Crippen molar-refractivity contribution >= 4 is 17.7 Å². The number of thioether (sulfide) groups is 1. The molecule has 1 aliphatic heterocycles. The molecule has 1 aromatic carbocycles. The Labute approximate surface area is 123 Å². The first-order valence-corrected chi connectivity index (χ1v) is 8.32. The number of rotatable bonds is 5. The van der Waals surface area contributed by atoms with E-state index in [1.165, 1.54) is 0 Å². The van der Waals surface area contributed by atoms with E-state index in [-0.39, 0.29) is 17.6 Å². The van der Waals surface area contributed by atoms with Gasteiger partial charge in [-0.1, -0.05) is 18.2 Å². The Kier molecular flexibility index (Phi) is 3.65. The maximum absolute atomic E-state index is 12.6. The molecule has 5 heteroatoms. The second kappa shape index (κ2) is 5.30. The molecule has 0 radical (unpaired) electrons. The highest BCUT2D eigenvalue weighted by atomic mass is 32.2. The third-order valence-corrected chi connectivity index (χ3v) is 4.71. The fraction of sp³-hybridized carbons (Fsp3) is 0.533. The monoisotopic (exact) mass is 292 g/mol. The molecule has 1 aromatic rings. The molecule has 1 N–H and O–H groups in total. The van der Waals surface area contributed by atoms with Crippen LogP contribution in [0.15, 0.2) is 24.3 Å². The molecule has 1 heterocycles. The third-order valence-electron chi connectivity index (χ3n) is 4.11. The highest BCUT2D eigenvalue weighted by molar-refractivity contribution is 7.98. The molecule has 1 saturated carbocycles. The zero-order chi connectivity index (χ0) is 14.2. The van der Waals surface area contributed by atoms with Gasteiger partial charge in [0.2, 0.25) is 5.91 Å². The van der Waals surface area contributed by atoms with Gasteiger partial charge >= 0.3 is 0 Å². The third kappa shape index (κ3) is 2.19. The summed E-state index contributed by atoms with van der Waals surface area (Å²) in [6.45, 7) is 0.775. The first-order chi connectivity index (χ1) is 9.72. The maximum Gasteiger partial charge on any atom is 0.244 e. The van der Waals surface area contributed by atoms with Crippen LogP contribution in [0.1, 0.15) is 24.6 Å². The molecule has 0 aromatic heterocycles. The van der Waals surface area contributed by atoms with Crippen LogP contribution in [-0.2, 0) is 4.79 Å². The van der Waals surface area contributed by atoms with Crippen molar-refractivity contribution < 1.29 is 9.53 Å². The molecule has 2 fully saturated rings. The summed E-state index contributed by atoms with van der Waals surface area (Å²) in [7, 11) is 1.68. The Morgan fingerprint density at radius 2 is 2.20 bits per heavy atom. The van der Waals surface area contributed by atoms with Gasteiger partial charge in [0, 0.05) is 17.9 Å². The van der Waals surface area contributed by atoms with Gasteiger partial charge in [-0.05, 0) is 25.2 Å². The van der Waals surface area contributed by atoms with E-state index < -0.39 is 0 Å². The molecule has 1 spiro atoms. The van der Waals surface area contributed by atoms with Gasteiger partial charge in [-0.3, -0.25) is 10.1 Å². The van der Waals surface area contributed by atoms with Gasteiger partial charge in [-0.2, -0.15) is 11.8 Å². The van der Waals surface area contributed by atoms with Crippen molar-refractivity contribution in [2.24, 2.45) is 0 Å². The van der Waals surface area contributed by atoms with Crippen molar-refractivity contribution in [3.63, 3.8) is 0 Å². The van der Waals surface area contributed by atoms with Gasteiger partial charge < -0.3 is 9.64 Å². The van der Waals surface area contributed by atoms with Crippen molar-refractivity contribution in [3.05, 3.63) is 29.8 Å². The number of amides is 1. The molecule has 1 unspecified atom stereocenters. The molecule has 1 saturated heterocycles. The lowest BCUT2D eigenvalue weighted by Gasteiger charge is -2.25. The van der Waals surface area contributed by atoms with E-state index in [9.17, 15) is 4.79 Å². The van der Waals surface area contributed by atoms with Gasteiger partial charge in [-0.25, -0.2) is 0 Å². The summed E-state index contributed by atoms with van der Waals surface area (Å²) in [4.78, 5) is 14.6. The number of para-hydroxylation sites is 1.